The van der Waals surface area contributed by atoms with Gasteiger partial charge in [0, 0.05) is 24.3 Å². The van der Waals surface area contributed by atoms with Crippen LogP contribution in [0.3, 0.4) is 0 Å². The first-order valence-electron chi connectivity index (χ1n) is 8.02. The Kier molecular flexibility index (Phi) is 6.16. The average molecular weight is 346 g/mol. The molecule has 1 fully saturated rings. The summed E-state index contributed by atoms with van der Waals surface area (Å²) in [6, 6.07) is 5.39. The molecular weight excluding hydrogens is 324 g/mol. The van der Waals surface area contributed by atoms with Gasteiger partial charge in [0.1, 0.15) is 5.70 Å². The van der Waals surface area contributed by atoms with Gasteiger partial charge in [0.25, 0.3) is 0 Å². The molecule has 0 bridgehead atoms. The monoisotopic (exact) mass is 346 g/mol. The molecule has 0 unspecified atom stereocenters. The van der Waals surface area contributed by atoms with Crippen molar-refractivity contribution in [1.82, 2.24) is 0 Å². The summed E-state index contributed by atoms with van der Waals surface area (Å²) < 4.78 is 9.20. The van der Waals surface area contributed by atoms with Crippen LogP contribution < -0.4 is 10.2 Å². The highest BCUT2D eigenvalue weighted by atomic mass is 16.5. The molecule has 134 valence electrons. The van der Waals surface area contributed by atoms with Gasteiger partial charge in [-0.3, -0.25) is 4.79 Å². The summed E-state index contributed by atoms with van der Waals surface area (Å²) >= 11 is 0. The predicted octanol–water partition coefficient (Wildman–Crippen LogP) is 2.15. The molecule has 7 nitrogen and oxygen atoms in total. The fourth-order valence-corrected chi connectivity index (χ4v) is 2.68. The normalized spacial score (nSPS) is 14.9. The van der Waals surface area contributed by atoms with E-state index in [0.29, 0.717) is 18.7 Å². The van der Waals surface area contributed by atoms with E-state index in [1.165, 1.54) is 14.2 Å². The predicted molar refractivity (Wildman–Crippen MR) is 93.1 cm³/mol. The molecule has 1 saturated heterocycles. The molecule has 1 aromatic rings. The van der Waals surface area contributed by atoms with Crippen molar-refractivity contribution in [2.75, 3.05) is 31.0 Å². The minimum atomic E-state index is -0.682. The number of esters is 2. The summed E-state index contributed by atoms with van der Waals surface area (Å²) in [4.78, 5) is 37.1. The van der Waals surface area contributed by atoms with Crippen LogP contribution in [0, 0.1) is 6.92 Å². The minimum Gasteiger partial charge on any atom is -0.466 e. The Balaban J connectivity index is 2.23. The van der Waals surface area contributed by atoms with Gasteiger partial charge in [-0.1, -0.05) is 0 Å². The SMILES string of the molecule is COC(=O)/C=C(/Nc1ccc(N2CCCCC2=O)c(C)c1)C(=O)OC. The van der Waals surface area contributed by atoms with Crippen LogP contribution in [0.1, 0.15) is 24.8 Å². The molecule has 7 heteroatoms. The van der Waals surface area contributed by atoms with E-state index in [0.717, 1.165) is 30.2 Å². The smallest absolute Gasteiger partial charge is 0.354 e. The third-order valence-corrected chi connectivity index (χ3v) is 3.96. The van der Waals surface area contributed by atoms with Crippen LogP contribution in [0.2, 0.25) is 0 Å². The molecule has 1 heterocycles. The molecule has 2 rings (SSSR count). The maximum atomic E-state index is 12.1. The molecule has 1 N–H and O–H groups in total. The Labute approximate surface area is 146 Å². The second-order valence-electron chi connectivity index (χ2n) is 5.70. The Bertz CT molecular complexity index is 711. The zero-order chi connectivity index (χ0) is 18.4. The van der Waals surface area contributed by atoms with Crippen molar-refractivity contribution >= 4 is 29.2 Å². The summed E-state index contributed by atoms with van der Waals surface area (Å²) in [6.45, 7) is 2.60. The molecule has 0 saturated carbocycles. The highest BCUT2D eigenvalue weighted by Gasteiger charge is 2.21. The van der Waals surface area contributed by atoms with Gasteiger partial charge in [-0.15, -0.1) is 0 Å². The molecule has 25 heavy (non-hydrogen) atoms. The van der Waals surface area contributed by atoms with Crippen molar-refractivity contribution in [3.63, 3.8) is 0 Å². The van der Waals surface area contributed by atoms with Crippen LogP contribution in [0.25, 0.3) is 0 Å². The lowest BCUT2D eigenvalue weighted by atomic mass is 10.1. The summed E-state index contributed by atoms with van der Waals surface area (Å²) in [5, 5.41) is 2.86. The topological polar surface area (TPSA) is 84.9 Å². The van der Waals surface area contributed by atoms with Crippen molar-refractivity contribution in [1.29, 1.82) is 0 Å². The Morgan fingerprint density at radius 2 is 1.96 bits per heavy atom. The number of piperidine rings is 1. The van der Waals surface area contributed by atoms with Crippen LogP contribution in [0.4, 0.5) is 11.4 Å². The van der Waals surface area contributed by atoms with E-state index >= 15 is 0 Å². The number of methoxy groups -OCH3 is 2. The first-order valence-corrected chi connectivity index (χ1v) is 8.02. The maximum absolute atomic E-state index is 12.1. The number of carbonyl (C=O) groups excluding carboxylic acids is 3. The van der Waals surface area contributed by atoms with Gasteiger partial charge in [0.15, 0.2) is 0 Å². The Morgan fingerprint density at radius 1 is 1.20 bits per heavy atom. The lowest BCUT2D eigenvalue weighted by molar-refractivity contribution is -0.138. The van der Waals surface area contributed by atoms with Crippen LogP contribution in [-0.2, 0) is 23.9 Å². The van der Waals surface area contributed by atoms with Crippen LogP contribution >= 0.6 is 0 Å². The van der Waals surface area contributed by atoms with Crippen LogP contribution in [0.15, 0.2) is 30.0 Å². The van der Waals surface area contributed by atoms with Gasteiger partial charge in [-0.05, 0) is 43.5 Å². The molecular formula is C18H22N2O5. The highest BCUT2D eigenvalue weighted by Crippen LogP contribution is 2.27. The fourth-order valence-electron chi connectivity index (χ4n) is 2.68. The molecule has 1 amide bonds. The van der Waals surface area contributed by atoms with Gasteiger partial charge >= 0.3 is 11.9 Å². The number of aryl methyl sites for hydroxylation is 1. The largest absolute Gasteiger partial charge is 0.466 e. The lowest BCUT2D eigenvalue weighted by Gasteiger charge is -2.28. The third kappa shape index (κ3) is 4.59. The van der Waals surface area contributed by atoms with Gasteiger partial charge in [0.2, 0.25) is 5.91 Å². The number of benzene rings is 1. The van der Waals surface area contributed by atoms with E-state index in [2.05, 4.69) is 14.8 Å². The first kappa shape index (κ1) is 18.5. The summed E-state index contributed by atoms with van der Waals surface area (Å²) in [6.07, 6.45) is 3.51. The number of rotatable bonds is 5. The highest BCUT2D eigenvalue weighted by molar-refractivity contribution is 5.99. The van der Waals surface area contributed by atoms with E-state index in [1.54, 1.807) is 11.0 Å². The van der Waals surface area contributed by atoms with Crippen molar-refractivity contribution in [2.24, 2.45) is 0 Å². The third-order valence-electron chi connectivity index (χ3n) is 3.96. The van der Waals surface area contributed by atoms with Crippen LogP contribution in [-0.4, -0.2) is 38.6 Å². The Hall–Kier alpha value is -2.83. The fraction of sp³-hybridized carbons (Fsp3) is 0.389. The quantitative estimate of drug-likeness (QED) is 0.650. The average Bonchev–Trinajstić information content (AvgIpc) is 2.61. The van der Waals surface area contributed by atoms with Crippen molar-refractivity contribution < 1.29 is 23.9 Å². The molecule has 1 aromatic carbocycles. The maximum Gasteiger partial charge on any atom is 0.354 e. The minimum absolute atomic E-state index is 0.0319. The van der Waals surface area contributed by atoms with E-state index < -0.39 is 11.9 Å². The van der Waals surface area contributed by atoms with Gasteiger partial charge in [-0.25, -0.2) is 9.59 Å². The second-order valence-corrected chi connectivity index (χ2v) is 5.70. The van der Waals surface area contributed by atoms with Crippen molar-refractivity contribution in [3.05, 3.63) is 35.5 Å². The van der Waals surface area contributed by atoms with Crippen molar-refractivity contribution in [3.8, 4) is 0 Å². The number of carbonyl (C=O) groups is 3. The number of hydrogen-bond acceptors (Lipinski definition) is 6. The van der Waals surface area contributed by atoms with E-state index in [1.807, 2.05) is 19.1 Å². The van der Waals surface area contributed by atoms with Crippen LogP contribution in [0.5, 0.6) is 0 Å². The van der Waals surface area contributed by atoms with Gasteiger partial charge in [-0.2, -0.15) is 0 Å². The zero-order valence-corrected chi connectivity index (χ0v) is 14.6. The number of ether oxygens (including phenoxy) is 2. The Morgan fingerprint density at radius 3 is 2.56 bits per heavy atom. The van der Waals surface area contributed by atoms with Gasteiger partial charge in [0.05, 0.1) is 20.3 Å². The molecule has 0 aromatic heterocycles. The van der Waals surface area contributed by atoms with E-state index in [-0.39, 0.29) is 11.6 Å². The molecule has 1 aliphatic rings. The summed E-state index contributed by atoms with van der Waals surface area (Å²) in [5.41, 5.74) is 2.32. The summed E-state index contributed by atoms with van der Waals surface area (Å²) in [7, 11) is 2.45. The zero-order valence-electron chi connectivity index (χ0n) is 14.6. The first-order chi connectivity index (χ1) is 12.0. The number of amides is 1. The molecule has 0 spiro atoms. The lowest BCUT2D eigenvalue weighted by Crippen LogP contribution is -2.35. The molecule has 1 aliphatic heterocycles. The van der Waals surface area contributed by atoms with E-state index in [4.69, 9.17) is 0 Å². The standard InChI is InChI=1S/C18H22N2O5/c1-12-10-13(19-14(18(23)25-3)11-17(22)24-2)7-8-15(12)20-9-5-4-6-16(20)21/h7-8,10-11,19H,4-6,9H2,1-3H3/b14-11+. The van der Waals surface area contributed by atoms with Gasteiger partial charge < -0.3 is 19.7 Å². The number of nitrogens with zero attached hydrogens (tertiary/aromatic N) is 1. The second kappa shape index (κ2) is 8.32. The van der Waals surface area contributed by atoms with Crippen molar-refractivity contribution in [2.45, 2.75) is 26.2 Å². The summed E-state index contributed by atoms with van der Waals surface area (Å²) in [5.74, 6) is -1.23. The molecule has 0 atom stereocenters. The number of nitrogens with one attached hydrogen (secondary N) is 1. The molecule has 0 radical (unpaired) electrons. The number of hydrogen-bond donors (Lipinski definition) is 1. The molecule has 0 aliphatic carbocycles. The van der Waals surface area contributed by atoms with E-state index in [9.17, 15) is 14.4 Å². The number of anilines is 2.